The average Bonchev–Trinajstić information content (AvgIpc) is 3.21. The molecule has 0 saturated heterocycles. The fraction of sp³-hybridized carbons (Fsp3) is 0.692. The normalized spacial score (nSPS) is 14.6. The van der Waals surface area contributed by atoms with E-state index in [2.05, 4.69) is 32.6 Å². The Morgan fingerprint density at radius 1 is 1.53 bits per heavy atom. The topological polar surface area (TPSA) is 46.9 Å². The van der Waals surface area contributed by atoms with E-state index >= 15 is 0 Å². The van der Waals surface area contributed by atoms with Crippen molar-refractivity contribution in [3.8, 4) is 0 Å². The first-order valence-corrected chi connectivity index (χ1v) is 8.89. The number of aromatic nitrogens is 2. The van der Waals surface area contributed by atoms with E-state index in [0.29, 0.717) is 10.4 Å². The molecule has 1 saturated carbocycles. The van der Waals surface area contributed by atoms with Gasteiger partial charge in [0.05, 0.1) is 11.9 Å². The Balaban J connectivity index is 1.90. The summed E-state index contributed by atoms with van der Waals surface area (Å²) in [4.78, 5) is 12.1. The first-order valence-electron chi connectivity index (χ1n) is 6.71. The highest BCUT2D eigenvalue weighted by atomic mass is 79.9. The van der Waals surface area contributed by atoms with Crippen LogP contribution in [0.2, 0.25) is 0 Å². The number of hydrogen-bond acceptors (Lipinski definition) is 4. The molecule has 1 heterocycles. The van der Waals surface area contributed by atoms with Crippen LogP contribution in [0, 0.1) is 5.92 Å². The lowest BCUT2D eigenvalue weighted by Crippen LogP contribution is -2.25. The summed E-state index contributed by atoms with van der Waals surface area (Å²) in [7, 11) is 0. The van der Waals surface area contributed by atoms with Crippen molar-refractivity contribution < 1.29 is 0 Å². The van der Waals surface area contributed by atoms with Gasteiger partial charge in [-0.1, -0.05) is 0 Å². The number of hydrogen-bond donors (Lipinski definition) is 1. The molecule has 0 amide bonds. The monoisotopic (exact) mass is 345 g/mol. The molecule has 0 aliphatic heterocycles. The zero-order valence-electron chi connectivity index (χ0n) is 11.2. The Morgan fingerprint density at radius 3 is 3.00 bits per heavy atom. The van der Waals surface area contributed by atoms with E-state index in [4.69, 9.17) is 0 Å². The highest BCUT2D eigenvalue weighted by Gasteiger charge is 2.23. The molecule has 1 aromatic heterocycles. The Kier molecular flexibility index (Phi) is 5.76. The van der Waals surface area contributed by atoms with Gasteiger partial charge in [-0.15, -0.1) is 0 Å². The fourth-order valence-corrected chi connectivity index (χ4v) is 2.80. The third-order valence-electron chi connectivity index (χ3n) is 3.20. The predicted molar refractivity (Wildman–Crippen MR) is 85.0 cm³/mol. The van der Waals surface area contributed by atoms with Gasteiger partial charge in [0.2, 0.25) is 0 Å². The first kappa shape index (κ1) is 14.9. The van der Waals surface area contributed by atoms with E-state index < -0.39 is 0 Å². The minimum absolute atomic E-state index is 0.0268. The van der Waals surface area contributed by atoms with Gasteiger partial charge in [-0.25, -0.2) is 4.68 Å². The minimum atomic E-state index is -0.0268. The van der Waals surface area contributed by atoms with E-state index in [1.165, 1.54) is 25.0 Å². The molecule has 19 heavy (non-hydrogen) atoms. The molecule has 0 radical (unpaired) electrons. The van der Waals surface area contributed by atoms with E-state index in [9.17, 15) is 4.79 Å². The Labute approximate surface area is 126 Å². The second kappa shape index (κ2) is 7.33. The summed E-state index contributed by atoms with van der Waals surface area (Å²) < 4.78 is 2.17. The van der Waals surface area contributed by atoms with Gasteiger partial charge in [0, 0.05) is 13.1 Å². The molecule has 0 atom stereocenters. The highest BCUT2D eigenvalue weighted by Crippen LogP contribution is 2.30. The second-order valence-electron chi connectivity index (χ2n) is 4.93. The van der Waals surface area contributed by atoms with Crippen LogP contribution in [0.1, 0.15) is 25.7 Å². The van der Waals surface area contributed by atoms with Crippen molar-refractivity contribution in [1.29, 1.82) is 0 Å². The number of anilines is 1. The lowest BCUT2D eigenvalue weighted by atomic mass is 10.3. The first-order chi connectivity index (χ1) is 9.22. The Bertz CT molecular complexity index is 473. The molecule has 1 N–H and O–H groups in total. The van der Waals surface area contributed by atoms with Crippen molar-refractivity contribution in [2.24, 2.45) is 5.92 Å². The highest BCUT2D eigenvalue weighted by molar-refractivity contribution is 9.10. The quantitative estimate of drug-likeness (QED) is 0.735. The molecule has 1 aliphatic carbocycles. The van der Waals surface area contributed by atoms with E-state index in [1.807, 2.05) is 11.8 Å². The molecule has 0 aromatic carbocycles. The van der Waals surface area contributed by atoms with Gasteiger partial charge < -0.3 is 5.32 Å². The SMILES string of the molecule is CSCCCCNc1cnn(CC2CC2)c(=O)c1Br. The van der Waals surface area contributed by atoms with Crippen molar-refractivity contribution in [3.63, 3.8) is 0 Å². The maximum absolute atomic E-state index is 12.1. The van der Waals surface area contributed by atoms with Crippen LogP contribution in [0.5, 0.6) is 0 Å². The molecule has 0 unspecified atom stereocenters. The number of rotatable bonds is 8. The van der Waals surface area contributed by atoms with Crippen LogP contribution in [0.3, 0.4) is 0 Å². The number of nitrogens with one attached hydrogen (secondary N) is 1. The number of unbranched alkanes of at least 4 members (excludes halogenated alkanes) is 1. The second-order valence-corrected chi connectivity index (χ2v) is 6.71. The van der Waals surface area contributed by atoms with Crippen molar-refractivity contribution in [2.75, 3.05) is 23.9 Å². The largest absolute Gasteiger partial charge is 0.383 e. The molecule has 2 rings (SSSR count). The van der Waals surface area contributed by atoms with E-state index in [1.54, 1.807) is 10.9 Å². The van der Waals surface area contributed by atoms with Gasteiger partial charge in [-0.05, 0) is 59.5 Å². The molecule has 1 aromatic rings. The third-order valence-corrected chi connectivity index (χ3v) is 4.67. The van der Waals surface area contributed by atoms with Gasteiger partial charge >= 0.3 is 0 Å². The summed E-state index contributed by atoms with van der Waals surface area (Å²) in [5, 5.41) is 7.52. The lowest BCUT2D eigenvalue weighted by Gasteiger charge is -2.10. The van der Waals surface area contributed by atoms with Crippen LogP contribution >= 0.6 is 27.7 Å². The Hall–Kier alpha value is -0.490. The maximum atomic E-state index is 12.1. The number of nitrogens with zero attached hydrogens (tertiary/aromatic N) is 2. The van der Waals surface area contributed by atoms with Crippen molar-refractivity contribution in [1.82, 2.24) is 9.78 Å². The van der Waals surface area contributed by atoms with Crippen LogP contribution in [0.15, 0.2) is 15.5 Å². The van der Waals surface area contributed by atoms with Gasteiger partial charge in [-0.3, -0.25) is 4.79 Å². The maximum Gasteiger partial charge on any atom is 0.283 e. The average molecular weight is 346 g/mol. The molecular weight excluding hydrogens is 326 g/mol. The van der Waals surface area contributed by atoms with Gasteiger partial charge in [0.25, 0.3) is 5.56 Å². The van der Waals surface area contributed by atoms with Crippen molar-refractivity contribution in [2.45, 2.75) is 32.2 Å². The molecule has 106 valence electrons. The zero-order chi connectivity index (χ0) is 13.7. The smallest absolute Gasteiger partial charge is 0.283 e. The number of thioether (sulfide) groups is 1. The standard InChI is InChI=1S/C13H20BrN3OS/c1-19-7-3-2-6-15-11-8-16-17(9-10-4-5-10)13(18)12(11)14/h8,10,15H,2-7,9H2,1H3. The number of halogens is 1. The summed E-state index contributed by atoms with van der Waals surface area (Å²) in [6, 6.07) is 0. The summed E-state index contributed by atoms with van der Waals surface area (Å²) in [5.74, 6) is 1.84. The molecular formula is C13H20BrN3OS. The van der Waals surface area contributed by atoms with E-state index in [-0.39, 0.29) is 5.56 Å². The molecule has 0 bridgehead atoms. The van der Waals surface area contributed by atoms with Crippen LogP contribution in [0.25, 0.3) is 0 Å². The van der Waals surface area contributed by atoms with Crippen molar-refractivity contribution >= 4 is 33.4 Å². The summed E-state index contributed by atoms with van der Waals surface area (Å²) in [6.07, 6.45) is 8.62. The fourth-order valence-electron chi connectivity index (χ4n) is 1.86. The van der Waals surface area contributed by atoms with Crippen LogP contribution in [-0.4, -0.2) is 28.3 Å². The molecule has 1 aliphatic rings. The summed E-state index contributed by atoms with van der Waals surface area (Å²) in [5.41, 5.74) is 0.780. The van der Waals surface area contributed by atoms with Gasteiger partial charge in [0.15, 0.2) is 0 Å². The summed E-state index contributed by atoms with van der Waals surface area (Å²) in [6.45, 7) is 1.64. The molecule has 0 spiro atoms. The third kappa shape index (κ3) is 4.53. The van der Waals surface area contributed by atoms with Gasteiger partial charge in [-0.2, -0.15) is 16.9 Å². The van der Waals surface area contributed by atoms with Crippen LogP contribution in [0.4, 0.5) is 5.69 Å². The minimum Gasteiger partial charge on any atom is -0.383 e. The molecule has 6 heteroatoms. The predicted octanol–water partition coefficient (Wildman–Crippen LogP) is 2.97. The van der Waals surface area contributed by atoms with E-state index in [0.717, 1.165) is 25.2 Å². The molecule has 4 nitrogen and oxygen atoms in total. The van der Waals surface area contributed by atoms with Crippen LogP contribution < -0.4 is 10.9 Å². The van der Waals surface area contributed by atoms with Crippen molar-refractivity contribution in [3.05, 3.63) is 21.0 Å². The Morgan fingerprint density at radius 2 is 2.32 bits per heavy atom. The lowest BCUT2D eigenvalue weighted by molar-refractivity contribution is 0.532. The molecule has 1 fully saturated rings. The van der Waals surface area contributed by atoms with Crippen LogP contribution in [-0.2, 0) is 6.54 Å². The zero-order valence-corrected chi connectivity index (χ0v) is 13.6. The van der Waals surface area contributed by atoms with Gasteiger partial charge in [0.1, 0.15) is 4.47 Å². The summed E-state index contributed by atoms with van der Waals surface area (Å²) >= 11 is 5.25.